The van der Waals surface area contributed by atoms with Crippen molar-refractivity contribution in [3.8, 4) is 12.3 Å². The molecule has 0 aliphatic heterocycles. The van der Waals surface area contributed by atoms with Gasteiger partial charge in [-0.05, 0) is 24.2 Å². The summed E-state index contributed by atoms with van der Waals surface area (Å²) in [7, 11) is 0. The number of terminal acetylenes is 1. The second kappa shape index (κ2) is 7.89. The van der Waals surface area contributed by atoms with Crippen molar-refractivity contribution < 1.29 is 0 Å². The Balaban J connectivity index is 2.52. The number of rotatable bonds is 7. The van der Waals surface area contributed by atoms with Crippen molar-refractivity contribution in [1.29, 1.82) is 0 Å². The van der Waals surface area contributed by atoms with E-state index in [0.29, 0.717) is 0 Å². The molecule has 0 bridgehead atoms. The van der Waals surface area contributed by atoms with Gasteiger partial charge in [-0.2, -0.15) is 0 Å². The van der Waals surface area contributed by atoms with Crippen LogP contribution in [0, 0.1) is 12.3 Å². The molecular weight excluding hydrogens is 208 g/mol. The molecule has 0 aliphatic carbocycles. The van der Waals surface area contributed by atoms with Crippen molar-refractivity contribution in [2.24, 2.45) is 0 Å². The van der Waals surface area contributed by atoms with Crippen molar-refractivity contribution >= 4 is 0 Å². The van der Waals surface area contributed by atoms with Crippen LogP contribution in [0.4, 0.5) is 0 Å². The molecule has 0 fully saturated rings. The van der Waals surface area contributed by atoms with E-state index in [-0.39, 0.29) is 0 Å². The normalized spacial score (nSPS) is 10.5. The van der Waals surface area contributed by atoms with E-state index < -0.39 is 0 Å². The Morgan fingerprint density at radius 1 is 1.18 bits per heavy atom. The number of hydrogen-bond donors (Lipinski definition) is 1. The summed E-state index contributed by atoms with van der Waals surface area (Å²) in [5.74, 6) is 2.69. The average molecular weight is 230 g/mol. The monoisotopic (exact) mass is 230 g/mol. The fraction of sp³-hybridized carbons (Fsp3) is 0.467. The topological polar surface area (TPSA) is 15.3 Å². The molecule has 0 aliphatic rings. The van der Waals surface area contributed by atoms with Gasteiger partial charge < -0.3 is 5.32 Å². The molecule has 92 valence electrons. The zero-order valence-electron chi connectivity index (χ0n) is 10.9. The third kappa shape index (κ3) is 5.04. The van der Waals surface area contributed by atoms with Crippen LogP contribution in [0.1, 0.15) is 25.0 Å². The van der Waals surface area contributed by atoms with E-state index in [1.807, 2.05) is 0 Å². The van der Waals surface area contributed by atoms with Gasteiger partial charge in [0.1, 0.15) is 0 Å². The van der Waals surface area contributed by atoms with Crippen molar-refractivity contribution in [3.63, 3.8) is 0 Å². The van der Waals surface area contributed by atoms with E-state index in [1.165, 1.54) is 11.1 Å². The highest BCUT2D eigenvalue weighted by Crippen LogP contribution is 2.07. The molecule has 2 heteroatoms. The summed E-state index contributed by atoms with van der Waals surface area (Å²) in [6.45, 7) is 8.84. The van der Waals surface area contributed by atoms with Gasteiger partial charge in [0, 0.05) is 13.1 Å². The molecule has 1 rings (SSSR count). The van der Waals surface area contributed by atoms with Crippen molar-refractivity contribution in [1.82, 2.24) is 10.2 Å². The first-order valence-electron chi connectivity index (χ1n) is 6.24. The molecule has 0 unspecified atom stereocenters. The fourth-order valence-corrected chi connectivity index (χ4v) is 1.70. The van der Waals surface area contributed by atoms with E-state index in [9.17, 15) is 0 Å². The molecule has 0 heterocycles. The molecule has 0 saturated carbocycles. The van der Waals surface area contributed by atoms with Crippen molar-refractivity contribution in [3.05, 3.63) is 35.4 Å². The van der Waals surface area contributed by atoms with Crippen LogP contribution in [0.5, 0.6) is 0 Å². The first kappa shape index (κ1) is 13.8. The second-order valence-electron chi connectivity index (χ2n) is 4.10. The third-order valence-corrected chi connectivity index (χ3v) is 2.77. The second-order valence-corrected chi connectivity index (χ2v) is 4.10. The van der Waals surface area contributed by atoms with Crippen molar-refractivity contribution in [2.75, 3.05) is 19.6 Å². The SMILES string of the molecule is C#CCN(CC)Cc1ccc(CNCC)cc1. The van der Waals surface area contributed by atoms with Gasteiger partial charge in [0.2, 0.25) is 0 Å². The summed E-state index contributed by atoms with van der Waals surface area (Å²) in [6.07, 6.45) is 5.34. The first-order valence-corrected chi connectivity index (χ1v) is 6.24. The predicted octanol–water partition coefficient (Wildman–Crippen LogP) is 2.25. The van der Waals surface area contributed by atoms with Gasteiger partial charge in [0.05, 0.1) is 6.54 Å². The third-order valence-electron chi connectivity index (χ3n) is 2.77. The molecule has 0 amide bonds. The number of benzene rings is 1. The van der Waals surface area contributed by atoms with Crippen LogP contribution in [-0.4, -0.2) is 24.5 Å². The lowest BCUT2D eigenvalue weighted by Gasteiger charge is -2.17. The van der Waals surface area contributed by atoms with Gasteiger partial charge in [-0.25, -0.2) is 0 Å². The minimum absolute atomic E-state index is 0.718. The summed E-state index contributed by atoms with van der Waals surface area (Å²) in [5.41, 5.74) is 2.65. The molecule has 0 radical (unpaired) electrons. The highest BCUT2D eigenvalue weighted by molar-refractivity contribution is 5.22. The maximum Gasteiger partial charge on any atom is 0.0601 e. The molecule has 17 heavy (non-hydrogen) atoms. The Morgan fingerprint density at radius 2 is 1.82 bits per heavy atom. The summed E-state index contributed by atoms with van der Waals surface area (Å²) < 4.78 is 0. The van der Waals surface area contributed by atoms with E-state index in [1.54, 1.807) is 0 Å². The highest BCUT2D eigenvalue weighted by atomic mass is 15.1. The van der Waals surface area contributed by atoms with E-state index in [2.05, 4.69) is 54.3 Å². The summed E-state index contributed by atoms with van der Waals surface area (Å²) in [4.78, 5) is 2.25. The molecule has 0 aromatic heterocycles. The van der Waals surface area contributed by atoms with Crippen LogP contribution in [0.3, 0.4) is 0 Å². The Hall–Kier alpha value is -1.30. The largest absolute Gasteiger partial charge is 0.313 e. The van der Waals surface area contributed by atoms with Crippen LogP contribution >= 0.6 is 0 Å². The summed E-state index contributed by atoms with van der Waals surface area (Å²) >= 11 is 0. The molecule has 0 saturated heterocycles. The van der Waals surface area contributed by atoms with E-state index >= 15 is 0 Å². The van der Waals surface area contributed by atoms with Crippen LogP contribution in [0.25, 0.3) is 0 Å². The zero-order valence-corrected chi connectivity index (χ0v) is 10.9. The predicted molar refractivity (Wildman–Crippen MR) is 73.6 cm³/mol. The van der Waals surface area contributed by atoms with Gasteiger partial charge in [0.25, 0.3) is 0 Å². The van der Waals surface area contributed by atoms with Gasteiger partial charge in [0.15, 0.2) is 0 Å². The number of nitrogens with one attached hydrogen (secondary N) is 1. The maximum absolute atomic E-state index is 5.34. The quantitative estimate of drug-likeness (QED) is 0.723. The lowest BCUT2D eigenvalue weighted by molar-refractivity contribution is 0.316. The van der Waals surface area contributed by atoms with Crippen LogP contribution < -0.4 is 5.32 Å². The smallest absolute Gasteiger partial charge is 0.0601 e. The summed E-state index contributed by atoms with van der Waals surface area (Å²) in [6, 6.07) is 8.74. The minimum atomic E-state index is 0.718. The Kier molecular flexibility index (Phi) is 6.39. The Labute approximate surface area is 105 Å². The molecule has 2 nitrogen and oxygen atoms in total. The minimum Gasteiger partial charge on any atom is -0.313 e. The van der Waals surface area contributed by atoms with Crippen LogP contribution in [0.2, 0.25) is 0 Å². The highest BCUT2D eigenvalue weighted by Gasteiger charge is 2.01. The van der Waals surface area contributed by atoms with E-state index in [4.69, 9.17) is 6.42 Å². The average Bonchev–Trinajstić information content (AvgIpc) is 2.37. The molecule has 1 aromatic carbocycles. The molecular formula is C15H22N2. The van der Waals surface area contributed by atoms with E-state index in [0.717, 1.165) is 32.7 Å². The van der Waals surface area contributed by atoms with Gasteiger partial charge in [-0.3, -0.25) is 4.90 Å². The summed E-state index contributed by atoms with van der Waals surface area (Å²) in [5, 5.41) is 3.32. The first-order chi connectivity index (χ1) is 8.30. The maximum atomic E-state index is 5.34. The van der Waals surface area contributed by atoms with Gasteiger partial charge >= 0.3 is 0 Å². The molecule has 0 spiro atoms. The Morgan fingerprint density at radius 3 is 2.35 bits per heavy atom. The number of nitrogens with zero attached hydrogens (tertiary/aromatic N) is 1. The fourth-order valence-electron chi connectivity index (χ4n) is 1.70. The lowest BCUT2D eigenvalue weighted by Crippen LogP contribution is -2.23. The standard InChI is InChI=1S/C15H22N2/c1-4-11-17(6-3)13-15-9-7-14(8-10-15)12-16-5-2/h1,7-10,16H,5-6,11-13H2,2-3H3. The van der Waals surface area contributed by atoms with Crippen LogP contribution in [-0.2, 0) is 13.1 Å². The van der Waals surface area contributed by atoms with Crippen LogP contribution in [0.15, 0.2) is 24.3 Å². The molecule has 1 aromatic rings. The van der Waals surface area contributed by atoms with Gasteiger partial charge in [-0.1, -0.05) is 44.0 Å². The zero-order chi connectivity index (χ0) is 12.5. The Bertz CT molecular complexity index is 348. The van der Waals surface area contributed by atoms with Crippen molar-refractivity contribution in [2.45, 2.75) is 26.9 Å². The molecule has 1 N–H and O–H groups in total. The van der Waals surface area contributed by atoms with Gasteiger partial charge in [-0.15, -0.1) is 6.42 Å². The number of hydrogen-bond acceptors (Lipinski definition) is 2. The molecule has 0 atom stereocenters. The lowest BCUT2D eigenvalue weighted by atomic mass is 10.1.